The first kappa shape index (κ1) is 13.4. The zero-order valence-corrected chi connectivity index (χ0v) is 12.3. The number of thiazole rings is 1. The molecule has 0 radical (unpaired) electrons. The van der Waals surface area contributed by atoms with Crippen molar-refractivity contribution < 1.29 is 4.74 Å². The van der Waals surface area contributed by atoms with Gasteiger partial charge in [0.15, 0.2) is 10.9 Å². The molecule has 1 fully saturated rings. The molecule has 1 unspecified atom stereocenters. The molecule has 108 valence electrons. The Labute approximate surface area is 121 Å². The lowest BCUT2D eigenvalue weighted by Gasteiger charge is -2.13. The van der Waals surface area contributed by atoms with Crippen LogP contribution in [0.2, 0.25) is 0 Å². The first-order chi connectivity index (χ1) is 9.85. The Morgan fingerprint density at radius 1 is 1.60 bits per heavy atom. The molecular weight excluding hydrogens is 274 g/mol. The second-order valence-electron chi connectivity index (χ2n) is 4.86. The summed E-state index contributed by atoms with van der Waals surface area (Å²) in [5.74, 6) is 1.40. The number of guanidine groups is 1. The quantitative estimate of drug-likeness (QED) is 0.654. The Morgan fingerprint density at radius 2 is 2.55 bits per heavy atom. The van der Waals surface area contributed by atoms with Crippen LogP contribution in [0.5, 0.6) is 0 Å². The smallest absolute Gasteiger partial charge is 0.193 e. The Balaban J connectivity index is 1.49. The first-order valence-corrected chi connectivity index (χ1v) is 7.66. The lowest BCUT2D eigenvalue weighted by Crippen LogP contribution is -2.39. The molecule has 0 saturated carbocycles. The maximum absolute atomic E-state index is 5.37. The predicted octanol–water partition coefficient (Wildman–Crippen LogP) is 1.10. The van der Waals surface area contributed by atoms with Crippen molar-refractivity contribution in [3.63, 3.8) is 0 Å². The van der Waals surface area contributed by atoms with E-state index in [1.807, 2.05) is 22.2 Å². The lowest BCUT2D eigenvalue weighted by atomic mass is 10.1. The molecule has 1 saturated heterocycles. The molecule has 1 aliphatic heterocycles. The summed E-state index contributed by atoms with van der Waals surface area (Å²) in [7, 11) is 1.78. The summed E-state index contributed by atoms with van der Waals surface area (Å²) in [5.41, 5.74) is 1.02. The van der Waals surface area contributed by atoms with Gasteiger partial charge in [0.1, 0.15) is 0 Å². The minimum absolute atomic E-state index is 0.589. The van der Waals surface area contributed by atoms with Crippen LogP contribution in [0.4, 0.5) is 0 Å². The highest BCUT2D eigenvalue weighted by Crippen LogP contribution is 2.11. The Kier molecular flexibility index (Phi) is 4.17. The molecule has 3 rings (SSSR count). The Bertz CT molecular complexity index is 556. The summed E-state index contributed by atoms with van der Waals surface area (Å²) >= 11 is 1.64. The van der Waals surface area contributed by atoms with Crippen LogP contribution in [0.15, 0.2) is 22.8 Å². The van der Waals surface area contributed by atoms with Crippen molar-refractivity contribution in [3.05, 3.63) is 23.5 Å². The third kappa shape index (κ3) is 3.10. The van der Waals surface area contributed by atoms with Gasteiger partial charge in [-0.2, -0.15) is 0 Å². The van der Waals surface area contributed by atoms with E-state index in [0.29, 0.717) is 12.5 Å². The fourth-order valence-electron chi connectivity index (χ4n) is 2.24. The summed E-state index contributed by atoms with van der Waals surface area (Å²) in [6.07, 6.45) is 5.18. The molecule has 0 bridgehead atoms. The minimum atomic E-state index is 0.589. The van der Waals surface area contributed by atoms with E-state index in [-0.39, 0.29) is 0 Å². The molecule has 0 spiro atoms. The van der Waals surface area contributed by atoms with Gasteiger partial charge in [-0.05, 0) is 6.42 Å². The number of imidazole rings is 1. The van der Waals surface area contributed by atoms with Crippen molar-refractivity contribution in [1.82, 2.24) is 20.0 Å². The molecule has 6 nitrogen and oxygen atoms in total. The zero-order valence-electron chi connectivity index (χ0n) is 11.5. The van der Waals surface area contributed by atoms with E-state index in [4.69, 9.17) is 4.74 Å². The molecule has 0 aromatic carbocycles. The molecule has 1 aliphatic rings. The molecule has 7 heteroatoms. The van der Waals surface area contributed by atoms with Gasteiger partial charge in [-0.1, -0.05) is 0 Å². The van der Waals surface area contributed by atoms with Crippen molar-refractivity contribution >= 4 is 22.3 Å². The van der Waals surface area contributed by atoms with Crippen molar-refractivity contribution in [2.24, 2.45) is 10.9 Å². The fraction of sp³-hybridized carbons (Fsp3) is 0.538. The minimum Gasteiger partial charge on any atom is -0.381 e. The van der Waals surface area contributed by atoms with Crippen LogP contribution in [0.1, 0.15) is 12.1 Å². The van der Waals surface area contributed by atoms with Gasteiger partial charge in [-0.3, -0.25) is 9.39 Å². The van der Waals surface area contributed by atoms with Gasteiger partial charge in [0.2, 0.25) is 0 Å². The molecule has 0 aliphatic carbocycles. The highest BCUT2D eigenvalue weighted by molar-refractivity contribution is 7.15. The summed E-state index contributed by atoms with van der Waals surface area (Å²) in [6, 6.07) is 0. The number of hydrogen-bond acceptors (Lipinski definition) is 4. The summed E-state index contributed by atoms with van der Waals surface area (Å²) in [5, 5.41) is 8.65. The van der Waals surface area contributed by atoms with E-state index in [1.165, 1.54) is 0 Å². The maximum atomic E-state index is 5.37. The number of aromatic nitrogens is 2. The van der Waals surface area contributed by atoms with Crippen LogP contribution < -0.4 is 10.6 Å². The number of nitrogens with zero attached hydrogens (tertiary/aromatic N) is 3. The SMILES string of the molecule is CN=C(NCc1cn2ccsc2n1)NCC1CCOC1. The van der Waals surface area contributed by atoms with Crippen molar-refractivity contribution in [3.8, 4) is 0 Å². The molecule has 2 N–H and O–H groups in total. The topological polar surface area (TPSA) is 63.0 Å². The number of rotatable bonds is 4. The summed E-state index contributed by atoms with van der Waals surface area (Å²) in [6.45, 7) is 3.30. The molecule has 1 atom stereocenters. The average Bonchev–Trinajstić information content (AvgIpc) is 3.15. The van der Waals surface area contributed by atoms with Gasteiger partial charge >= 0.3 is 0 Å². The normalized spacial score (nSPS) is 19.6. The van der Waals surface area contributed by atoms with Crippen molar-refractivity contribution in [2.75, 3.05) is 26.8 Å². The highest BCUT2D eigenvalue weighted by Gasteiger charge is 2.15. The number of nitrogens with one attached hydrogen (secondary N) is 2. The van der Waals surface area contributed by atoms with Crippen molar-refractivity contribution in [1.29, 1.82) is 0 Å². The number of ether oxygens (including phenoxy) is 1. The number of fused-ring (bicyclic) bond motifs is 1. The van der Waals surface area contributed by atoms with Gasteiger partial charge in [-0.15, -0.1) is 11.3 Å². The van der Waals surface area contributed by atoms with E-state index in [9.17, 15) is 0 Å². The zero-order chi connectivity index (χ0) is 13.8. The third-order valence-corrected chi connectivity index (χ3v) is 4.16. The van der Waals surface area contributed by atoms with Crippen LogP contribution in [0.25, 0.3) is 4.96 Å². The predicted molar refractivity (Wildman–Crippen MR) is 80.2 cm³/mol. The molecule has 0 amide bonds. The van der Waals surface area contributed by atoms with Crippen LogP contribution in [0.3, 0.4) is 0 Å². The van der Waals surface area contributed by atoms with Crippen LogP contribution in [0, 0.1) is 5.92 Å². The van der Waals surface area contributed by atoms with Crippen LogP contribution in [-0.4, -0.2) is 42.2 Å². The van der Waals surface area contributed by atoms with E-state index in [0.717, 1.165) is 42.8 Å². The molecule has 3 heterocycles. The molecular formula is C13H19N5OS. The first-order valence-electron chi connectivity index (χ1n) is 6.78. The molecule has 2 aromatic rings. The van der Waals surface area contributed by atoms with Crippen molar-refractivity contribution in [2.45, 2.75) is 13.0 Å². The maximum Gasteiger partial charge on any atom is 0.193 e. The van der Waals surface area contributed by atoms with Gasteiger partial charge in [0.05, 0.1) is 18.8 Å². The van der Waals surface area contributed by atoms with E-state index < -0.39 is 0 Å². The second kappa shape index (κ2) is 6.23. The van der Waals surface area contributed by atoms with E-state index in [1.54, 1.807) is 18.4 Å². The van der Waals surface area contributed by atoms with Crippen LogP contribution in [-0.2, 0) is 11.3 Å². The van der Waals surface area contributed by atoms with Gasteiger partial charge in [-0.25, -0.2) is 4.98 Å². The Morgan fingerprint density at radius 3 is 3.30 bits per heavy atom. The van der Waals surface area contributed by atoms with Crippen LogP contribution >= 0.6 is 11.3 Å². The number of aliphatic imine (C=N–C) groups is 1. The van der Waals surface area contributed by atoms with Gasteiger partial charge < -0.3 is 15.4 Å². The average molecular weight is 293 g/mol. The standard InChI is InChI=1S/C13H19N5OS/c1-14-12(15-6-10-2-4-19-9-10)16-7-11-8-18-3-5-20-13(18)17-11/h3,5,8,10H,2,4,6-7,9H2,1H3,(H2,14,15,16). The van der Waals surface area contributed by atoms with E-state index >= 15 is 0 Å². The summed E-state index contributed by atoms with van der Waals surface area (Å²) < 4.78 is 7.40. The largest absolute Gasteiger partial charge is 0.381 e. The van der Waals surface area contributed by atoms with E-state index in [2.05, 4.69) is 20.6 Å². The highest BCUT2D eigenvalue weighted by atomic mass is 32.1. The molecule has 20 heavy (non-hydrogen) atoms. The fourth-order valence-corrected chi connectivity index (χ4v) is 2.96. The lowest BCUT2D eigenvalue weighted by molar-refractivity contribution is 0.186. The van der Waals surface area contributed by atoms with Gasteiger partial charge in [0, 0.05) is 43.9 Å². The second-order valence-corrected chi connectivity index (χ2v) is 5.73. The number of hydrogen-bond donors (Lipinski definition) is 2. The molecule has 2 aromatic heterocycles. The summed E-state index contributed by atoms with van der Waals surface area (Å²) in [4.78, 5) is 9.78. The third-order valence-electron chi connectivity index (χ3n) is 3.39. The van der Waals surface area contributed by atoms with Gasteiger partial charge in [0.25, 0.3) is 0 Å². The Hall–Kier alpha value is -1.60. The monoisotopic (exact) mass is 293 g/mol.